The summed E-state index contributed by atoms with van der Waals surface area (Å²) in [5.41, 5.74) is -0.517. The van der Waals surface area contributed by atoms with Gasteiger partial charge in [0.1, 0.15) is 6.29 Å². The molecule has 3 heteroatoms. The van der Waals surface area contributed by atoms with Crippen LogP contribution in [0, 0.1) is 23.7 Å². The van der Waals surface area contributed by atoms with Crippen molar-refractivity contribution in [3.63, 3.8) is 0 Å². The van der Waals surface area contributed by atoms with Crippen molar-refractivity contribution in [3.05, 3.63) is 6.42 Å². The Labute approximate surface area is 90.2 Å². The van der Waals surface area contributed by atoms with E-state index < -0.39 is 5.41 Å². The third-order valence-electron chi connectivity index (χ3n) is 3.60. The largest absolute Gasteiger partial charge is 0.463 e. The molecule has 3 nitrogen and oxygen atoms in total. The first-order chi connectivity index (χ1) is 7.08. The van der Waals surface area contributed by atoms with Crippen LogP contribution < -0.4 is 0 Å². The van der Waals surface area contributed by atoms with Gasteiger partial charge in [-0.2, -0.15) is 0 Å². The zero-order valence-corrected chi connectivity index (χ0v) is 9.23. The normalized spacial score (nSPS) is 38.3. The minimum atomic E-state index is -0.517. The molecule has 0 aromatic rings. The minimum Gasteiger partial charge on any atom is -0.463 e. The van der Waals surface area contributed by atoms with Crippen LogP contribution in [-0.4, -0.2) is 18.4 Å². The summed E-state index contributed by atoms with van der Waals surface area (Å²) in [5.74, 6) is 0.0493. The lowest BCUT2D eigenvalue weighted by Crippen LogP contribution is -2.37. The second-order valence-corrected chi connectivity index (χ2v) is 4.97. The summed E-state index contributed by atoms with van der Waals surface area (Å²) in [6.45, 7) is 3.69. The summed E-state index contributed by atoms with van der Waals surface area (Å²) >= 11 is 0. The number of ether oxygens (including phenoxy) is 1. The van der Waals surface area contributed by atoms with Crippen molar-refractivity contribution in [2.75, 3.05) is 0 Å². The van der Waals surface area contributed by atoms with Crippen LogP contribution in [-0.2, 0) is 14.3 Å². The Kier molecular flexibility index (Phi) is 2.57. The molecule has 2 aliphatic carbocycles. The Hall–Kier alpha value is -0.860. The van der Waals surface area contributed by atoms with Crippen LogP contribution in [0.5, 0.6) is 0 Å². The minimum absolute atomic E-state index is 0.0983. The Morgan fingerprint density at radius 3 is 2.87 bits per heavy atom. The van der Waals surface area contributed by atoms with Crippen molar-refractivity contribution in [2.45, 2.75) is 39.2 Å². The van der Waals surface area contributed by atoms with Gasteiger partial charge in [-0.1, -0.05) is 0 Å². The predicted molar refractivity (Wildman–Crippen MR) is 54.9 cm³/mol. The summed E-state index contributed by atoms with van der Waals surface area (Å²) in [6.07, 6.45) is 5.47. The Balaban J connectivity index is 2.16. The zero-order chi connectivity index (χ0) is 11.1. The third kappa shape index (κ3) is 1.58. The molecule has 0 heterocycles. The first-order valence-electron chi connectivity index (χ1n) is 5.60. The highest BCUT2D eigenvalue weighted by atomic mass is 16.5. The van der Waals surface area contributed by atoms with E-state index in [9.17, 15) is 9.59 Å². The van der Waals surface area contributed by atoms with E-state index in [4.69, 9.17) is 4.74 Å². The fraction of sp³-hybridized carbons (Fsp3) is 0.750. The lowest BCUT2D eigenvalue weighted by atomic mass is 9.75. The van der Waals surface area contributed by atoms with E-state index in [-0.39, 0.29) is 18.0 Å². The Bertz CT molecular complexity index is 285. The van der Waals surface area contributed by atoms with Crippen molar-refractivity contribution in [3.8, 4) is 0 Å². The van der Waals surface area contributed by atoms with Gasteiger partial charge in [-0.25, -0.2) is 0 Å². The summed E-state index contributed by atoms with van der Waals surface area (Å²) in [6, 6.07) is 0. The third-order valence-corrected chi connectivity index (χ3v) is 3.60. The van der Waals surface area contributed by atoms with Gasteiger partial charge in [-0.3, -0.25) is 4.79 Å². The molecule has 3 atom stereocenters. The van der Waals surface area contributed by atoms with E-state index in [1.165, 1.54) is 0 Å². The number of rotatable bonds is 3. The molecule has 0 amide bonds. The van der Waals surface area contributed by atoms with Gasteiger partial charge in [-0.05, 0) is 45.4 Å². The van der Waals surface area contributed by atoms with Crippen LogP contribution in [0.15, 0.2) is 0 Å². The van der Waals surface area contributed by atoms with Gasteiger partial charge in [0.05, 0.1) is 11.5 Å². The fourth-order valence-corrected chi connectivity index (χ4v) is 2.89. The number of hydrogen-bond donors (Lipinski definition) is 0. The van der Waals surface area contributed by atoms with Gasteiger partial charge in [0, 0.05) is 5.92 Å². The Morgan fingerprint density at radius 1 is 1.60 bits per heavy atom. The molecule has 3 unspecified atom stereocenters. The van der Waals surface area contributed by atoms with E-state index in [1.54, 1.807) is 0 Å². The lowest BCUT2D eigenvalue weighted by Gasteiger charge is -2.29. The van der Waals surface area contributed by atoms with Crippen LogP contribution in [0.1, 0.15) is 33.1 Å². The SMILES string of the molecule is CC(C)OC(=O)C12CCC([CH]C1C=O)C2. The molecule has 2 rings (SSSR count). The molecular weight excluding hydrogens is 192 g/mol. The maximum absolute atomic E-state index is 12.0. The van der Waals surface area contributed by atoms with Crippen molar-refractivity contribution in [1.82, 2.24) is 0 Å². The average Bonchev–Trinajstić information content (AvgIpc) is 2.74. The van der Waals surface area contributed by atoms with Crippen LogP contribution in [0.4, 0.5) is 0 Å². The summed E-state index contributed by atoms with van der Waals surface area (Å²) < 4.78 is 5.27. The van der Waals surface area contributed by atoms with E-state index in [1.807, 2.05) is 20.3 Å². The van der Waals surface area contributed by atoms with E-state index >= 15 is 0 Å². The van der Waals surface area contributed by atoms with Crippen molar-refractivity contribution < 1.29 is 14.3 Å². The first-order valence-corrected chi connectivity index (χ1v) is 5.60. The molecule has 0 aliphatic heterocycles. The molecular formula is C12H17O3. The highest BCUT2D eigenvalue weighted by molar-refractivity contribution is 5.83. The molecule has 15 heavy (non-hydrogen) atoms. The standard InChI is InChI=1S/C12H17O3/c1-8(2)15-11(14)12-4-3-9(6-12)5-10(12)7-13/h5,7-10H,3-4,6H2,1-2H3. The van der Waals surface area contributed by atoms with Crippen molar-refractivity contribution in [1.29, 1.82) is 0 Å². The molecule has 2 saturated carbocycles. The number of fused-ring (bicyclic) bond motifs is 2. The van der Waals surface area contributed by atoms with E-state index in [0.29, 0.717) is 5.92 Å². The Morgan fingerprint density at radius 2 is 2.33 bits per heavy atom. The zero-order valence-electron chi connectivity index (χ0n) is 9.23. The van der Waals surface area contributed by atoms with E-state index in [0.717, 1.165) is 25.5 Å². The van der Waals surface area contributed by atoms with E-state index in [2.05, 4.69) is 0 Å². The average molecular weight is 209 g/mol. The maximum atomic E-state index is 12.0. The molecule has 0 aromatic carbocycles. The van der Waals surface area contributed by atoms with Crippen LogP contribution in [0.3, 0.4) is 0 Å². The molecule has 2 fully saturated rings. The van der Waals surface area contributed by atoms with Crippen molar-refractivity contribution >= 4 is 12.3 Å². The van der Waals surface area contributed by atoms with Crippen molar-refractivity contribution in [2.24, 2.45) is 17.3 Å². The van der Waals surface area contributed by atoms with Crippen LogP contribution >= 0.6 is 0 Å². The summed E-state index contributed by atoms with van der Waals surface area (Å²) in [7, 11) is 0. The van der Waals surface area contributed by atoms with Crippen LogP contribution in [0.2, 0.25) is 0 Å². The number of esters is 1. The monoisotopic (exact) mass is 209 g/mol. The second kappa shape index (κ2) is 3.62. The molecule has 0 aromatic heterocycles. The lowest BCUT2D eigenvalue weighted by molar-refractivity contribution is -0.162. The number of aldehydes is 1. The highest BCUT2D eigenvalue weighted by Gasteiger charge is 2.57. The fourth-order valence-electron chi connectivity index (χ4n) is 2.89. The van der Waals surface area contributed by atoms with Gasteiger partial charge in [0.15, 0.2) is 0 Å². The maximum Gasteiger partial charge on any atom is 0.313 e. The number of carbonyl (C=O) groups is 2. The molecule has 0 N–H and O–H groups in total. The summed E-state index contributed by atoms with van der Waals surface area (Å²) in [4.78, 5) is 23.0. The van der Waals surface area contributed by atoms with Gasteiger partial charge in [0.25, 0.3) is 0 Å². The predicted octanol–water partition coefficient (Wildman–Crippen LogP) is 1.76. The molecule has 0 saturated heterocycles. The first kappa shape index (κ1) is 10.7. The van der Waals surface area contributed by atoms with Gasteiger partial charge >= 0.3 is 5.97 Å². The topological polar surface area (TPSA) is 43.4 Å². The van der Waals surface area contributed by atoms with Gasteiger partial charge in [0.2, 0.25) is 0 Å². The molecule has 83 valence electrons. The van der Waals surface area contributed by atoms with Gasteiger partial charge < -0.3 is 9.53 Å². The second-order valence-electron chi connectivity index (χ2n) is 4.97. The van der Waals surface area contributed by atoms with Gasteiger partial charge in [-0.15, -0.1) is 0 Å². The molecule has 2 bridgehead atoms. The van der Waals surface area contributed by atoms with Crippen LogP contribution in [0.25, 0.3) is 0 Å². The summed E-state index contributed by atoms with van der Waals surface area (Å²) in [5, 5.41) is 0. The molecule has 0 spiro atoms. The smallest absolute Gasteiger partial charge is 0.313 e. The number of hydrogen-bond acceptors (Lipinski definition) is 3. The quantitative estimate of drug-likeness (QED) is 0.525. The highest BCUT2D eigenvalue weighted by Crippen LogP contribution is 2.57. The number of carbonyl (C=O) groups excluding carboxylic acids is 2. The molecule has 2 aliphatic rings. The molecule has 1 radical (unpaired) electrons.